The van der Waals surface area contributed by atoms with E-state index < -0.39 is 0 Å². The van der Waals surface area contributed by atoms with Crippen molar-refractivity contribution in [2.75, 3.05) is 5.73 Å². The maximum absolute atomic E-state index is 13.2. The third-order valence-electron chi connectivity index (χ3n) is 3.88. The molecule has 3 nitrogen and oxygen atoms in total. The van der Waals surface area contributed by atoms with Crippen LogP contribution < -0.4 is 5.73 Å². The van der Waals surface area contributed by atoms with Gasteiger partial charge in [-0.3, -0.25) is 0 Å². The molecule has 1 aliphatic rings. The molecule has 1 atom stereocenters. The number of nitrogens with zero attached hydrogens (tertiary/aromatic N) is 2. The average molecular weight is 259 g/mol. The number of anilines is 1. The highest BCUT2D eigenvalue weighted by molar-refractivity contribution is 5.73. The molecule has 4 heteroatoms. The fourth-order valence-corrected chi connectivity index (χ4v) is 2.78. The number of nitrogen functional groups attached to an aromatic ring is 1. The van der Waals surface area contributed by atoms with Crippen LogP contribution in [0.2, 0.25) is 0 Å². The van der Waals surface area contributed by atoms with Crippen LogP contribution in [0.4, 0.5) is 10.2 Å². The summed E-state index contributed by atoms with van der Waals surface area (Å²) in [7, 11) is 0. The molecule has 0 bridgehead atoms. The number of benzene rings is 1. The van der Waals surface area contributed by atoms with E-state index in [2.05, 4.69) is 16.5 Å². The topological polar surface area (TPSA) is 43.8 Å². The summed E-state index contributed by atoms with van der Waals surface area (Å²) < 4.78 is 15.3. The van der Waals surface area contributed by atoms with Crippen molar-refractivity contribution in [3.05, 3.63) is 35.4 Å². The number of hydrogen-bond acceptors (Lipinski definition) is 2. The zero-order valence-corrected chi connectivity index (χ0v) is 11.3. The number of imidazole rings is 1. The molecule has 1 aliphatic heterocycles. The number of rotatable bonds is 1. The molecule has 0 aliphatic carbocycles. The molecule has 2 aromatic rings. The van der Waals surface area contributed by atoms with Gasteiger partial charge in [0.25, 0.3) is 0 Å². The van der Waals surface area contributed by atoms with E-state index in [1.807, 2.05) is 6.92 Å². The maximum atomic E-state index is 13.2. The molecule has 1 aromatic heterocycles. The molecule has 0 saturated heterocycles. The molecule has 2 N–H and O–H groups in total. The van der Waals surface area contributed by atoms with Crippen molar-refractivity contribution in [3.8, 4) is 11.3 Å². The lowest BCUT2D eigenvalue weighted by molar-refractivity contribution is 0.397. The average Bonchev–Trinajstić information content (AvgIpc) is 2.67. The summed E-state index contributed by atoms with van der Waals surface area (Å²) in [6.45, 7) is 5.04. The summed E-state index contributed by atoms with van der Waals surface area (Å²) in [6, 6.07) is 4.75. The van der Waals surface area contributed by atoms with Gasteiger partial charge in [-0.15, -0.1) is 0 Å². The summed E-state index contributed by atoms with van der Waals surface area (Å²) in [5.74, 6) is 2.16. The molecule has 1 aromatic carbocycles. The van der Waals surface area contributed by atoms with Gasteiger partial charge in [0.1, 0.15) is 23.2 Å². The highest BCUT2D eigenvalue weighted by Crippen LogP contribution is 2.32. The van der Waals surface area contributed by atoms with E-state index in [1.54, 1.807) is 6.07 Å². The Balaban J connectivity index is 2.11. The zero-order valence-electron chi connectivity index (χ0n) is 11.3. The number of aromatic nitrogens is 2. The minimum absolute atomic E-state index is 0.225. The van der Waals surface area contributed by atoms with E-state index in [4.69, 9.17) is 5.73 Å². The van der Waals surface area contributed by atoms with Gasteiger partial charge in [-0.25, -0.2) is 9.37 Å². The Bertz CT molecular complexity index is 631. The Hall–Kier alpha value is -1.84. The van der Waals surface area contributed by atoms with Gasteiger partial charge >= 0.3 is 0 Å². The van der Waals surface area contributed by atoms with E-state index in [9.17, 15) is 4.39 Å². The van der Waals surface area contributed by atoms with Gasteiger partial charge in [-0.1, -0.05) is 6.92 Å². The van der Waals surface area contributed by atoms with Gasteiger partial charge < -0.3 is 10.3 Å². The van der Waals surface area contributed by atoms with Crippen LogP contribution in [0.25, 0.3) is 11.3 Å². The lowest BCUT2D eigenvalue weighted by Gasteiger charge is -2.20. The van der Waals surface area contributed by atoms with Gasteiger partial charge in [0.15, 0.2) is 0 Å². The molecule has 0 radical (unpaired) electrons. The third-order valence-corrected chi connectivity index (χ3v) is 3.88. The Morgan fingerprint density at radius 2 is 2.21 bits per heavy atom. The van der Waals surface area contributed by atoms with Crippen LogP contribution >= 0.6 is 0 Å². The van der Waals surface area contributed by atoms with Gasteiger partial charge in [0, 0.05) is 18.5 Å². The zero-order chi connectivity index (χ0) is 13.6. The predicted molar refractivity (Wildman–Crippen MR) is 74.3 cm³/mol. The first kappa shape index (κ1) is 12.2. The number of aryl methyl sites for hydroxylation is 2. The van der Waals surface area contributed by atoms with Crippen molar-refractivity contribution < 1.29 is 4.39 Å². The maximum Gasteiger partial charge on any atom is 0.131 e. The van der Waals surface area contributed by atoms with Gasteiger partial charge in [0.2, 0.25) is 0 Å². The van der Waals surface area contributed by atoms with Crippen molar-refractivity contribution in [1.82, 2.24) is 9.55 Å². The Labute approximate surface area is 112 Å². The first-order valence-electron chi connectivity index (χ1n) is 6.67. The Morgan fingerprint density at radius 1 is 1.42 bits per heavy atom. The second kappa shape index (κ2) is 4.37. The number of halogens is 1. The summed E-state index contributed by atoms with van der Waals surface area (Å²) in [4.78, 5) is 4.66. The molecule has 0 fully saturated rings. The monoisotopic (exact) mass is 259 g/mol. The van der Waals surface area contributed by atoms with Crippen molar-refractivity contribution in [3.63, 3.8) is 0 Å². The second-order valence-electron chi connectivity index (χ2n) is 5.48. The van der Waals surface area contributed by atoms with E-state index in [0.717, 1.165) is 42.0 Å². The van der Waals surface area contributed by atoms with Crippen LogP contribution in [0, 0.1) is 18.7 Å². The fourth-order valence-electron chi connectivity index (χ4n) is 2.78. The molecule has 0 amide bonds. The molecule has 1 unspecified atom stereocenters. The van der Waals surface area contributed by atoms with Gasteiger partial charge in [-0.2, -0.15) is 0 Å². The Kier molecular flexibility index (Phi) is 2.81. The summed E-state index contributed by atoms with van der Waals surface area (Å²) in [5, 5.41) is 0. The third kappa shape index (κ3) is 2.01. The predicted octanol–water partition coefficient (Wildman–Crippen LogP) is 3.16. The van der Waals surface area contributed by atoms with Gasteiger partial charge in [0.05, 0.1) is 0 Å². The lowest BCUT2D eigenvalue weighted by Crippen LogP contribution is -2.19. The number of fused-ring (bicyclic) bond motifs is 1. The molecule has 100 valence electrons. The van der Waals surface area contributed by atoms with E-state index >= 15 is 0 Å². The van der Waals surface area contributed by atoms with Crippen LogP contribution in [0.15, 0.2) is 18.2 Å². The largest absolute Gasteiger partial charge is 0.383 e. The fraction of sp³-hybridized carbons (Fsp3) is 0.400. The summed E-state index contributed by atoms with van der Waals surface area (Å²) >= 11 is 0. The quantitative estimate of drug-likeness (QED) is 0.855. The smallest absolute Gasteiger partial charge is 0.131 e. The van der Waals surface area contributed by atoms with Crippen molar-refractivity contribution in [2.45, 2.75) is 33.2 Å². The first-order chi connectivity index (χ1) is 9.06. The molecule has 0 saturated carbocycles. The van der Waals surface area contributed by atoms with Crippen molar-refractivity contribution in [2.24, 2.45) is 5.92 Å². The van der Waals surface area contributed by atoms with Crippen LogP contribution in [0.1, 0.15) is 24.7 Å². The van der Waals surface area contributed by atoms with E-state index in [0.29, 0.717) is 11.7 Å². The van der Waals surface area contributed by atoms with Crippen LogP contribution in [0.5, 0.6) is 0 Å². The van der Waals surface area contributed by atoms with Crippen LogP contribution in [0.3, 0.4) is 0 Å². The molecule has 3 rings (SSSR count). The minimum atomic E-state index is -0.225. The van der Waals surface area contributed by atoms with Crippen molar-refractivity contribution in [1.29, 1.82) is 0 Å². The van der Waals surface area contributed by atoms with E-state index in [-0.39, 0.29) is 5.82 Å². The van der Waals surface area contributed by atoms with Crippen LogP contribution in [-0.2, 0) is 13.0 Å². The standard InChI is InChI=1S/C15H18FN3/c1-9-3-6-13-18-14(15(17)19(13)8-9)12-5-4-11(16)7-10(12)2/h4-5,7,9H,3,6,8,17H2,1-2H3. The molecule has 19 heavy (non-hydrogen) atoms. The molecular formula is C15H18FN3. The second-order valence-corrected chi connectivity index (χ2v) is 5.48. The highest BCUT2D eigenvalue weighted by atomic mass is 19.1. The Morgan fingerprint density at radius 3 is 2.95 bits per heavy atom. The summed E-state index contributed by atoms with van der Waals surface area (Å²) in [6.07, 6.45) is 2.11. The first-order valence-corrected chi connectivity index (χ1v) is 6.67. The number of nitrogens with two attached hydrogens (primary N) is 1. The van der Waals surface area contributed by atoms with E-state index in [1.165, 1.54) is 12.1 Å². The van der Waals surface area contributed by atoms with Crippen LogP contribution in [-0.4, -0.2) is 9.55 Å². The van der Waals surface area contributed by atoms with Crippen molar-refractivity contribution >= 4 is 5.82 Å². The molecule has 0 spiro atoms. The van der Waals surface area contributed by atoms with Gasteiger partial charge in [-0.05, 0) is 43.0 Å². The molecule has 2 heterocycles. The minimum Gasteiger partial charge on any atom is -0.383 e. The lowest BCUT2D eigenvalue weighted by atomic mass is 10.0. The highest BCUT2D eigenvalue weighted by Gasteiger charge is 2.22. The normalized spacial score (nSPS) is 18.4. The molecular weight excluding hydrogens is 241 g/mol. The SMILES string of the molecule is Cc1cc(F)ccc1-c1nc2n(c1N)CC(C)CC2. The number of hydrogen-bond donors (Lipinski definition) is 1. The summed E-state index contributed by atoms with van der Waals surface area (Å²) in [5.41, 5.74) is 8.82.